The number of hydrogen-bond donors (Lipinski definition) is 3. The molecule has 1 amide bonds. The van der Waals surface area contributed by atoms with Gasteiger partial charge in [-0.25, -0.2) is 8.42 Å². The van der Waals surface area contributed by atoms with Crippen LogP contribution in [0.4, 0.5) is 11.4 Å². The minimum Gasteiger partial charge on any atom is -0.328 e. The number of sulfonamides is 1. The van der Waals surface area contributed by atoms with E-state index in [-0.39, 0.29) is 35.2 Å². The van der Waals surface area contributed by atoms with Crippen LogP contribution in [0.3, 0.4) is 0 Å². The summed E-state index contributed by atoms with van der Waals surface area (Å²) >= 11 is 0. The van der Waals surface area contributed by atoms with Gasteiger partial charge >= 0.3 is 0 Å². The van der Waals surface area contributed by atoms with E-state index in [2.05, 4.69) is 10.0 Å². The molecule has 1 fully saturated rings. The van der Waals surface area contributed by atoms with E-state index in [1.165, 1.54) is 12.1 Å². The molecule has 0 saturated heterocycles. The fourth-order valence-corrected chi connectivity index (χ4v) is 4.25. The molecule has 0 radical (unpaired) electrons. The number of nitrogens with two attached hydrogens (primary N) is 1. The molecule has 0 aromatic heterocycles. The summed E-state index contributed by atoms with van der Waals surface area (Å²) in [6, 6.07) is 14.9. The van der Waals surface area contributed by atoms with Crippen molar-refractivity contribution in [2.45, 2.75) is 36.6 Å². The Morgan fingerprint density at radius 1 is 1.00 bits per heavy atom. The molecule has 1 aliphatic carbocycles. The highest BCUT2D eigenvalue weighted by Gasteiger charge is 2.25. The van der Waals surface area contributed by atoms with E-state index in [1.807, 2.05) is 0 Å². The molecule has 8 heteroatoms. The van der Waals surface area contributed by atoms with Crippen molar-refractivity contribution < 1.29 is 13.2 Å². The predicted molar refractivity (Wildman–Crippen MR) is 110 cm³/mol. The Kier molecular flexibility index (Phi) is 7.24. The molecule has 2 aromatic rings. The predicted octanol–water partition coefficient (Wildman–Crippen LogP) is 3.37. The van der Waals surface area contributed by atoms with Crippen LogP contribution in [0.5, 0.6) is 0 Å². The Labute approximate surface area is 166 Å². The Hall–Kier alpha value is -2.09. The van der Waals surface area contributed by atoms with Crippen LogP contribution >= 0.6 is 12.4 Å². The van der Waals surface area contributed by atoms with Crippen LogP contribution < -0.4 is 15.8 Å². The summed E-state index contributed by atoms with van der Waals surface area (Å²) in [4.78, 5) is 12.6. The zero-order chi connectivity index (χ0) is 18.6. The van der Waals surface area contributed by atoms with Crippen molar-refractivity contribution in [3.05, 3.63) is 54.6 Å². The van der Waals surface area contributed by atoms with Crippen LogP contribution in [0.15, 0.2) is 59.5 Å². The first-order valence-corrected chi connectivity index (χ1v) is 10.2. The number of rotatable bonds is 5. The van der Waals surface area contributed by atoms with Crippen molar-refractivity contribution in [3.8, 4) is 0 Å². The fraction of sp³-hybridized carbons (Fsp3) is 0.316. The molecule has 1 saturated carbocycles. The summed E-state index contributed by atoms with van der Waals surface area (Å²) in [6.07, 6.45) is 3.43. The van der Waals surface area contributed by atoms with Crippen LogP contribution in [0, 0.1) is 5.92 Å². The molecular weight excluding hydrogens is 386 g/mol. The molecule has 0 heterocycles. The van der Waals surface area contributed by atoms with E-state index >= 15 is 0 Å². The van der Waals surface area contributed by atoms with Crippen molar-refractivity contribution in [1.82, 2.24) is 0 Å². The molecule has 6 nitrogen and oxygen atoms in total. The average Bonchev–Trinajstić information content (AvgIpc) is 2.62. The van der Waals surface area contributed by atoms with Crippen molar-refractivity contribution in [2.75, 3.05) is 10.0 Å². The van der Waals surface area contributed by atoms with E-state index in [1.54, 1.807) is 42.5 Å². The summed E-state index contributed by atoms with van der Waals surface area (Å²) in [5.74, 6) is -0.161. The van der Waals surface area contributed by atoms with E-state index in [4.69, 9.17) is 5.73 Å². The molecule has 2 unspecified atom stereocenters. The molecule has 3 rings (SSSR count). The Morgan fingerprint density at radius 3 is 2.41 bits per heavy atom. The molecule has 0 aliphatic heterocycles. The summed E-state index contributed by atoms with van der Waals surface area (Å²) in [5.41, 5.74) is 6.90. The van der Waals surface area contributed by atoms with Crippen LogP contribution in [-0.4, -0.2) is 20.4 Å². The number of nitrogens with one attached hydrogen (secondary N) is 2. The topological polar surface area (TPSA) is 101 Å². The lowest BCUT2D eigenvalue weighted by molar-refractivity contribution is -0.120. The number of halogens is 1. The SMILES string of the molecule is Cl.NC1CCCC(C(=O)Nc2cccc(NS(=O)(=O)c3ccccc3)c2)C1. The number of anilines is 2. The molecule has 0 bridgehead atoms. The van der Waals surface area contributed by atoms with Gasteiger partial charge < -0.3 is 11.1 Å². The highest BCUT2D eigenvalue weighted by Crippen LogP contribution is 2.25. The number of hydrogen-bond acceptors (Lipinski definition) is 4. The fourth-order valence-electron chi connectivity index (χ4n) is 3.18. The summed E-state index contributed by atoms with van der Waals surface area (Å²) in [5, 5.41) is 2.87. The molecule has 0 spiro atoms. The number of benzene rings is 2. The van der Waals surface area contributed by atoms with Crippen molar-refractivity contribution in [2.24, 2.45) is 11.7 Å². The lowest BCUT2D eigenvalue weighted by Crippen LogP contribution is -2.34. The largest absolute Gasteiger partial charge is 0.328 e. The summed E-state index contributed by atoms with van der Waals surface area (Å²) < 4.78 is 27.3. The maximum Gasteiger partial charge on any atom is 0.261 e. The minimum absolute atomic E-state index is 0. The molecule has 2 aromatic carbocycles. The van der Waals surface area contributed by atoms with Gasteiger partial charge in [0, 0.05) is 17.6 Å². The van der Waals surface area contributed by atoms with Crippen molar-refractivity contribution in [1.29, 1.82) is 0 Å². The van der Waals surface area contributed by atoms with Crippen molar-refractivity contribution in [3.63, 3.8) is 0 Å². The maximum atomic E-state index is 12.4. The van der Waals surface area contributed by atoms with E-state index in [0.29, 0.717) is 17.8 Å². The van der Waals surface area contributed by atoms with Gasteiger partial charge in [-0.2, -0.15) is 0 Å². The first-order chi connectivity index (χ1) is 12.4. The normalized spacial score (nSPS) is 19.6. The van der Waals surface area contributed by atoms with E-state index < -0.39 is 10.0 Å². The first-order valence-electron chi connectivity index (χ1n) is 8.68. The van der Waals surface area contributed by atoms with Gasteiger partial charge in [-0.05, 0) is 49.6 Å². The second-order valence-corrected chi connectivity index (χ2v) is 8.29. The van der Waals surface area contributed by atoms with E-state index in [0.717, 1.165) is 19.3 Å². The van der Waals surface area contributed by atoms with Gasteiger partial charge in [0.2, 0.25) is 5.91 Å². The van der Waals surface area contributed by atoms with Gasteiger partial charge in [0.1, 0.15) is 0 Å². The highest BCUT2D eigenvalue weighted by atomic mass is 35.5. The zero-order valence-corrected chi connectivity index (χ0v) is 16.4. The number of amides is 1. The Morgan fingerprint density at radius 2 is 1.70 bits per heavy atom. The van der Waals surface area contributed by atoms with Gasteiger partial charge in [0.25, 0.3) is 10.0 Å². The average molecular weight is 410 g/mol. The minimum atomic E-state index is -3.67. The highest BCUT2D eigenvalue weighted by molar-refractivity contribution is 7.92. The third-order valence-electron chi connectivity index (χ3n) is 4.52. The quantitative estimate of drug-likeness (QED) is 0.704. The van der Waals surface area contributed by atoms with Gasteiger partial charge in [0.15, 0.2) is 0 Å². The van der Waals surface area contributed by atoms with Gasteiger partial charge in [0.05, 0.1) is 10.6 Å². The molecular formula is C19H24ClN3O3S. The number of carbonyl (C=O) groups is 1. The molecule has 146 valence electrons. The lowest BCUT2D eigenvalue weighted by Gasteiger charge is -2.25. The maximum absolute atomic E-state index is 12.4. The summed E-state index contributed by atoms with van der Waals surface area (Å²) in [7, 11) is -3.67. The van der Waals surface area contributed by atoms with Crippen LogP contribution in [0.25, 0.3) is 0 Å². The van der Waals surface area contributed by atoms with Gasteiger partial charge in [-0.1, -0.05) is 30.7 Å². The summed E-state index contributed by atoms with van der Waals surface area (Å²) in [6.45, 7) is 0. The molecule has 27 heavy (non-hydrogen) atoms. The van der Waals surface area contributed by atoms with Crippen LogP contribution in [0.1, 0.15) is 25.7 Å². The lowest BCUT2D eigenvalue weighted by atomic mass is 9.85. The van der Waals surface area contributed by atoms with Crippen LogP contribution in [0.2, 0.25) is 0 Å². The second-order valence-electron chi connectivity index (χ2n) is 6.61. The molecule has 2 atom stereocenters. The standard InChI is InChI=1S/C19H23N3O3S.ClH/c20-15-7-4-6-14(12-15)19(23)21-16-8-5-9-17(13-16)22-26(24,25)18-10-2-1-3-11-18;/h1-3,5,8-11,13-15,22H,4,6-7,12,20H2,(H,21,23);1H. The first kappa shape index (κ1) is 21.2. The molecule has 4 N–H and O–H groups in total. The van der Waals surface area contributed by atoms with Crippen molar-refractivity contribution >= 4 is 39.7 Å². The Bertz CT molecular complexity index is 875. The Balaban J connectivity index is 0.00000261. The van der Waals surface area contributed by atoms with E-state index in [9.17, 15) is 13.2 Å². The van der Waals surface area contributed by atoms with Gasteiger partial charge in [-0.3, -0.25) is 9.52 Å². The van der Waals surface area contributed by atoms with Gasteiger partial charge in [-0.15, -0.1) is 12.4 Å². The zero-order valence-electron chi connectivity index (χ0n) is 14.8. The smallest absolute Gasteiger partial charge is 0.261 e. The monoisotopic (exact) mass is 409 g/mol. The molecule has 1 aliphatic rings. The second kappa shape index (κ2) is 9.21. The van der Waals surface area contributed by atoms with Crippen LogP contribution in [-0.2, 0) is 14.8 Å². The number of carbonyl (C=O) groups excluding carboxylic acids is 1. The third kappa shape index (κ3) is 5.69. The third-order valence-corrected chi connectivity index (χ3v) is 5.92.